The van der Waals surface area contributed by atoms with E-state index < -0.39 is 16.0 Å². The number of nitrogens with zero attached hydrogens (tertiary/aromatic N) is 2. The first-order chi connectivity index (χ1) is 11.3. The number of aryl methyl sites for hydroxylation is 2. The fraction of sp³-hybridized carbons (Fsp3) is 0.267. The number of hydrogen-bond acceptors (Lipinski definition) is 5. The normalized spacial score (nSPS) is 14.3. The van der Waals surface area contributed by atoms with Crippen molar-refractivity contribution >= 4 is 27.5 Å². The number of aromatic nitrogens is 2. The van der Waals surface area contributed by atoms with Crippen LogP contribution in [0.5, 0.6) is 0 Å². The van der Waals surface area contributed by atoms with Crippen LogP contribution in [0, 0.1) is 0 Å². The lowest BCUT2D eigenvalue weighted by molar-refractivity contribution is 0.0686. The van der Waals surface area contributed by atoms with Crippen molar-refractivity contribution < 1.29 is 23.1 Å². The van der Waals surface area contributed by atoms with E-state index in [0.717, 1.165) is 10.9 Å². The number of nitrogens with one attached hydrogen (secondary N) is 1. The first-order valence-corrected chi connectivity index (χ1v) is 8.72. The van der Waals surface area contributed by atoms with E-state index in [1.165, 1.54) is 25.2 Å². The van der Waals surface area contributed by atoms with Gasteiger partial charge < -0.3 is 5.11 Å². The Labute approximate surface area is 138 Å². The van der Waals surface area contributed by atoms with Crippen LogP contribution in [0.4, 0.5) is 5.69 Å². The Balaban J connectivity index is 1.97. The van der Waals surface area contributed by atoms with Gasteiger partial charge in [-0.05, 0) is 36.6 Å². The van der Waals surface area contributed by atoms with Crippen LogP contribution in [0.3, 0.4) is 0 Å². The number of Topliss-reactive ketones (excluding diaryl/α,β-unsaturated/α-hetero) is 1. The number of carboxylic acids is 1. The lowest BCUT2D eigenvalue weighted by Crippen LogP contribution is -2.18. The van der Waals surface area contributed by atoms with Gasteiger partial charge >= 0.3 is 5.97 Å². The Hall–Kier alpha value is -2.68. The van der Waals surface area contributed by atoms with Crippen LogP contribution in [-0.2, 0) is 23.5 Å². The minimum Gasteiger partial charge on any atom is -0.476 e. The van der Waals surface area contributed by atoms with Crippen LogP contribution in [0.1, 0.15) is 39.3 Å². The lowest BCUT2D eigenvalue weighted by Gasteiger charge is -2.16. The topological polar surface area (TPSA) is 118 Å². The number of hydrogen-bond donors (Lipinski definition) is 2. The molecule has 0 saturated heterocycles. The molecule has 0 atom stereocenters. The molecule has 2 aromatic rings. The van der Waals surface area contributed by atoms with Crippen molar-refractivity contribution in [1.82, 2.24) is 9.78 Å². The number of rotatable bonds is 4. The van der Waals surface area contributed by atoms with Crippen LogP contribution in [0.25, 0.3) is 0 Å². The van der Waals surface area contributed by atoms with Gasteiger partial charge in [0.05, 0.1) is 11.1 Å². The maximum absolute atomic E-state index is 12.5. The SMILES string of the molecule is Cn1ncc(NS(=O)(=O)c2ccc3c(c2)CCCC3=O)c1C(=O)O. The number of carbonyl (C=O) groups is 2. The average Bonchev–Trinajstić information content (AvgIpc) is 2.87. The third kappa shape index (κ3) is 2.78. The van der Waals surface area contributed by atoms with Crippen LogP contribution >= 0.6 is 0 Å². The lowest BCUT2D eigenvalue weighted by atomic mass is 9.91. The fourth-order valence-corrected chi connectivity index (χ4v) is 3.86. The fourth-order valence-electron chi connectivity index (χ4n) is 2.76. The van der Waals surface area contributed by atoms with Gasteiger partial charge in [-0.3, -0.25) is 14.2 Å². The number of aromatic carboxylic acids is 1. The first-order valence-electron chi connectivity index (χ1n) is 7.24. The monoisotopic (exact) mass is 349 g/mol. The molecule has 0 bridgehead atoms. The molecule has 1 aliphatic carbocycles. The summed E-state index contributed by atoms with van der Waals surface area (Å²) < 4.78 is 28.4. The van der Waals surface area contributed by atoms with E-state index in [4.69, 9.17) is 5.11 Å². The second kappa shape index (κ2) is 5.75. The van der Waals surface area contributed by atoms with E-state index in [2.05, 4.69) is 9.82 Å². The minimum atomic E-state index is -3.98. The van der Waals surface area contributed by atoms with Crippen molar-refractivity contribution in [2.45, 2.75) is 24.2 Å². The molecule has 3 rings (SSSR count). The summed E-state index contributed by atoms with van der Waals surface area (Å²) in [6, 6.07) is 4.32. The standard InChI is InChI=1S/C15H15N3O5S/c1-18-14(15(20)21)12(8-16-18)17-24(22,23)10-5-6-11-9(7-10)3-2-4-13(11)19/h5-8,17H,2-4H2,1H3,(H,20,21). The number of sulfonamides is 1. The van der Waals surface area contributed by atoms with Gasteiger partial charge in [0.25, 0.3) is 10.0 Å². The summed E-state index contributed by atoms with van der Waals surface area (Å²) in [5.74, 6) is -1.28. The van der Waals surface area contributed by atoms with Gasteiger partial charge in [0.1, 0.15) is 5.69 Å². The number of fused-ring (bicyclic) bond motifs is 1. The zero-order valence-corrected chi connectivity index (χ0v) is 13.6. The Morgan fingerprint density at radius 2 is 2.08 bits per heavy atom. The van der Waals surface area contributed by atoms with Gasteiger partial charge in [-0.15, -0.1) is 0 Å². The molecule has 126 valence electrons. The number of benzene rings is 1. The van der Waals surface area contributed by atoms with E-state index in [-0.39, 0.29) is 22.1 Å². The van der Waals surface area contributed by atoms with Crippen LogP contribution in [-0.4, -0.2) is 35.1 Å². The first kappa shape index (κ1) is 16.2. The molecule has 0 aliphatic heterocycles. The van der Waals surface area contributed by atoms with Crippen molar-refractivity contribution in [3.05, 3.63) is 41.2 Å². The van der Waals surface area contributed by atoms with Crippen molar-refractivity contribution in [2.75, 3.05) is 4.72 Å². The summed E-state index contributed by atoms with van der Waals surface area (Å²) in [5, 5.41) is 12.9. The molecule has 1 aromatic heterocycles. The smallest absolute Gasteiger partial charge is 0.356 e. The highest BCUT2D eigenvalue weighted by Gasteiger charge is 2.24. The van der Waals surface area contributed by atoms with Crippen LogP contribution in [0.2, 0.25) is 0 Å². The van der Waals surface area contributed by atoms with E-state index in [1.54, 1.807) is 0 Å². The van der Waals surface area contributed by atoms with Gasteiger partial charge in [-0.25, -0.2) is 13.2 Å². The summed E-state index contributed by atoms with van der Waals surface area (Å²) in [4.78, 5) is 23.0. The quantitative estimate of drug-likeness (QED) is 0.862. The predicted molar refractivity (Wildman–Crippen MR) is 84.7 cm³/mol. The summed E-state index contributed by atoms with van der Waals surface area (Å²) in [5.41, 5.74) is 0.872. The molecule has 1 aliphatic rings. The Morgan fingerprint density at radius 3 is 2.79 bits per heavy atom. The summed E-state index contributed by atoms with van der Waals surface area (Å²) in [6.07, 6.45) is 2.93. The summed E-state index contributed by atoms with van der Waals surface area (Å²) in [6.45, 7) is 0. The number of ketones is 1. The van der Waals surface area contributed by atoms with E-state index in [1.807, 2.05) is 0 Å². The second-order valence-corrected chi connectivity index (χ2v) is 7.22. The molecule has 2 N–H and O–H groups in total. The number of carbonyl (C=O) groups excluding carboxylic acids is 1. The van der Waals surface area contributed by atoms with Crippen molar-refractivity contribution in [3.8, 4) is 0 Å². The average molecular weight is 349 g/mol. The molecule has 0 fully saturated rings. The maximum Gasteiger partial charge on any atom is 0.356 e. The number of anilines is 1. The molecule has 0 radical (unpaired) electrons. The molecular weight excluding hydrogens is 334 g/mol. The highest BCUT2D eigenvalue weighted by Crippen LogP contribution is 2.26. The highest BCUT2D eigenvalue weighted by molar-refractivity contribution is 7.92. The van der Waals surface area contributed by atoms with Gasteiger partial charge in [0.15, 0.2) is 11.5 Å². The molecule has 8 nitrogen and oxygen atoms in total. The summed E-state index contributed by atoms with van der Waals surface area (Å²) >= 11 is 0. The van der Waals surface area contributed by atoms with E-state index in [0.29, 0.717) is 30.4 Å². The van der Waals surface area contributed by atoms with Crippen molar-refractivity contribution in [2.24, 2.45) is 7.05 Å². The van der Waals surface area contributed by atoms with E-state index >= 15 is 0 Å². The molecule has 1 aromatic carbocycles. The molecule has 24 heavy (non-hydrogen) atoms. The molecule has 0 spiro atoms. The third-order valence-electron chi connectivity index (χ3n) is 3.92. The van der Waals surface area contributed by atoms with Crippen LogP contribution < -0.4 is 4.72 Å². The maximum atomic E-state index is 12.5. The minimum absolute atomic E-state index is 0.00794. The predicted octanol–water partition coefficient (Wildman–Crippen LogP) is 1.44. The largest absolute Gasteiger partial charge is 0.476 e. The van der Waals surface area contributed by atoms with Crippen LogP contribution in [0.15, 0.2) is 29.3 Å². The van der Waals surface area contributed by atoms with E-state index in [9.17, 15) is 18.0 Å². The molecule has 0 unspecified atom stereocenters. The Bertz CT molecular complexity index is 946. The van der Waals surface area contributed by atoms with Gasteiger partial charge in [-0.2, -0.15) is 5.10 Å². The van der Waals surface area contributed by atoms with Crippen molar-refractivity contribution in [1.29, 1.82) is 0 Å². The highest BCUT2D eigenvalue weighted by atomic mass is 32.2. The number of carboxylic acid groups (broad SMARTS) is 1. The molecule has 1 heterocycles. The van der Waals surface area contributed by atoms with Gasteiger partial charge in [-0.1, -0.05) is 0 Å². The third-order valence-corrected chi connectivity index (χ3v) is 5.29. The molecule has 0 amide bonds. The summed E-state index contributed by atoms with van der Waals surface area (Å²) in [7, 11) is -2.58. The zero-order valence-electron chi connectivity index (χ0n) is 12.8. The van der Waals surface area contributed by atoms with Crippen molar-refractivity contribution in [3.63, 3.8) is 0 Å². The molecular formula is C15H15N3O5S. The molecule has 0 saturated carbocycles. The van der Waals surface area contributed by atoms with Gasteiger partial charge in [0, 0.05) is 19.0 Å². The second-order valence-electron chi connectivity index (χ2n) is 5.54. The Morgan fingerprint density at radius 1 is 1.33 bits per heavy atom. The molecule has 9 heteroatoms. The zero-order chi connectivity index (χ0) is 17.5. The van der Waals surface area contributed by atoms with Gasteiger partial charge in [0.2, 0.25) is 0 Å². The Kier molecular flexibility index (Phi) is 3.88.